The first kappa shape index (κ1) is 14.3. The smallest absolute Gasteiger partial charge is 0.201 e. The van der Waals surface area contributed by atoms with Crippen LogP contribution in [0.2, 0.25) is 0 Å². The summed E-state index contributed by atoms with van der Waals surface area (Å²) in [7, 11) is 0. The molecule has 0 unspecified atom stereocenters. The Morgan fingerprint density at radius 2 is 2.05 bits per heavy atom. The maximum atomic E-state index is 8.75. The molecule has 0 spiro atoms. The highest BCUT2D eigenvalue weighted by Crippen LogP contribution is 2.27. The minimum Gasteiger partial charge on any atom is -0.382 e. The molecule has 0 fully saturated rings. The second-order valence-corrected chi connectivity index (χ2v) is 4.37. The van der Waals surface area contributed by atoms with Gasteiger partial charge in [-0.1, -0.05) is 17.3 Å². The molecule has 0 aliphatic rings. The van der Waals surface area contributed by atoms with Gasteiger partial charge in [0.15, 0.2) is 5.84 Å². The number of nitriles is 1. The molecular weight excluding hydrogens is 268 g/mol. The van der Waals surface area contributed by atoms with E-state index in [4.69, 9.17) is 20.9 Å². The first-order chi connectivity index (χ1) is 10.0. The first-order valence-corrected chi connectivity index (χ1v) is 6.14. The van der Waals surface area contributed by atoms with E-state index in [1.165, 1.54) is 0 Å². The molecule has 0 aliphatic carbocycles. The van der Waals surface area contributed by atoms with Crippen molar-refractivity contribution in [3.05, 3.63) is 35.7 Å². The van der Waals surface area contributed by atoms with E-state index in [1.807, 2.05) is 26.0 Å². The van der Waals surface area contributed by atoms with Crippen LogP contribution in [-0.2, 0) is 0 Å². The Morgan fingerprint density at radius 1 is 1.38 bits per heavy atom. The lowest BCUT2D eigenvalue weighted by Crippen LogP contribution is -2.21. The number of aryl methyl sites for hydroxylation is 2. The van der Waals surface area contributed by atoms with Crippen molar-refractivity contribution >= 4 is 17.2 Å². The van der Waals surface area contributed by atoms with Crippen molar-refractivity contribution < 1.29 is 4.52 Å². The lowest BCUT2D eigenvalue weighted by molar-refractivity contribution is 0.393. The molecule has 1 heterocycles. The number of benzene rings is 1. The number of rotatable bonds is 4. The molecule has 0 radical (unpaired) electrons. The third-order valence-corrected chi connectivity index (χ3v) is 2.86. The number of hydrogen-bond acceptors (Lipinski definition) is 6. The molecule has 2 rings (SSSR count). The van der Waals surface area contributed by atoms with Gasteiger partial charge in [0.05, 0.1) is 11.4 Å². The van der Waals surface area contributed by atoms with Crippen molar-refractivity contribution in [2.45, 2.75) is 13.8 Å². The number of anilines is 1. The summed E-state index contributed by atoms with van der Waals surface area (Å²) in [6.07, 6.45) is 0. The molecule has 0 atom stereocenters. The number of hydrogen-bond donors (Lipinski definition) is 3. The maximum absolute atomic E-state index is 8.75. The van der Waals surface area contributed by atoms with Gasteiger partial charge in [0, 0.05) is 5.56 Å². The van der Waals surface area contributed by atoms with Gasteiger partial charge in [0.1, 0.15) is 11.8 Å². The molecule has 4 N–H and O–H groups in total. The lowest BCUT2D eigenvalue weighted by atomic mass is 10.0. The predicted molar refractivity (Wildman–Crippen MR) is 80.0 cm³/mol. The summed E-state index contributed by atoms with van der Waals surface area (Å²) >= 11 is 0. The number of aromatic nitrogens is 1. The summed E-state index contributed by atoms with van der Waals surface area (Å²) in [6.45, 7) is 3.74. The normalized spacial score (nSPS) is 11.0. The SMILES string of the molecule is Cc1noc(C)c1-c1ccc(N/N=C(\C#N)C(=N)N)cc1. The molecule has 106 valence electrons. The van der Waals surface area contributed by atoms with E-state index in [0.717, 1.165) is 22.6 Å². The van der Waals surface area contributed by atoms with Gasteiger partial charge in [-0.3, -0.25) is 10.8 Å². The Hall–Kier alpha value is -3.14. The molecule has 7 nitrogen and oxygen atoms in total. The third-order valence-electron chi connectivity index (χ3n) is 2.86. The van der Waals surface area contributed by atoms with Gasteiger partial charge < -0.3 is 10.3 Å². The third kappa shape index (κ3) is 3.06. The summed E-state index contributed by atoms with van der Waals surface area (Å²) < 4.78 is 5.14. The van der Waals surface area contributed by atoms with Crippen LogP contribution in [0.5, 0.6) is 0 Å². The van der Waals surface area contributed by atoms with Crippen LogP contribution >= 0.6 is 0 Å². The van der Waals surface area contributed by atoms with Gasteiger partial charge in [-0.2, -0.15) is 10.4 Å². The fourth-order valence-electron chi connectivity index (χ4n) is 1.87. The molecule has 0 amide bonds. The highest BCUT2D eigenvalue weighted by molar-refractivity contribution is 6.45. The number of hydrazone groups is 1. The summed E-state index contributed by atoms with van der Waals surface area (Å²) in [5.41, 5.74) is 11.2. The average molecular weight is 282 g/mol. The predicted octanol–water partition coefficient (Wildman–Crippen LogP) is 2.19. The number of amidine groups is 1. The highest BCUT2D eigenvalue weighted by atomic mass is 16.5. The molecule has 0 bridgehead atoms. The van der Waals surface area contributed by atoms with E-state index in [9.17, 15) is 0 Å². The average Bonchev–Trinajstić information content (AvgIpc) is 2.79. The summed E-state index contributed by atoms with van der Waals surface area (Å²) in [5.74, 6) is 0.381. The van der Waals surface area contributed by atoms with Crippen LogP contribution in [0.25, 0.3) is 11.1 Å². The monoisotopic (exact) mass is 282 g/mol. The van der Waals surface area contributed by atoms with Gasteiger partial charge in [0.25, 0.3) is 0 Å². The molecule has 0 saturated heterocycles. The van der Waals surface area contributed by atoms with Crippen molar-refractivity contribution in [2.24, 2.45) is 10.8 Å². The number of nitrogens with one attached hydrogen (secondary N) is 2. The van der Waals surface area contributed by atoms with E-state index < -0.39 is 0 Å². The molecule has 1 aromatic heterocycles. The fourth-order valence-corrected chi connectivity index (χ4v) is 1.87. The van der Waals surface area contributed by atoms with Crippen molar-refractivity contribution in [1.82, 2.24) is 5.16 Å². The van der Waals surface area contributed by atoms with Crippen LogP contribution in [0, 0.1) is 30.6 Å². The zero-order valence-electron chi connectivity index (χ0n) is 11.6. The topological polar surface area (TPSA) is 124 Å². The Kier molecular flexibility index (Phi) is 4.00. The van der Waals surface area contributed by atoms with E-state index in [0.29, 0.717) is 5.69 Å². The van der Waals surface area contributed by atoms with Crippen molar-refractivity contribution in [2.75, 3.05) is 5.43 Å². The number of nitrogens with two attached hydrogens (primary N) is 1. The molecule has 0 saturated carbocycles. The van der Waals surface area contributed by atoms with Gasteiger partial charge in [0.2, 0.25) is 5.71 Å². The first-order valence-electron chi connectivity index (χ1n) is 6.14. The minimum absolute atomic E-state index is 0.162. The van der Waals surface area contributed by atoms with Crippen molar-refractivity contribution in [1.29, 1.82) is 10.7 Å². The molecule has 0 aliphatic heterocycles. The Balaban J connectivity index is 2.21. The second-order valence-electron chi connectivity index (χ2n) is 4.37. The van der Waals surface area contributed by atoms with Crippen LogP contribution < -0.4 is 11.2 Å². The van der Waals surface area contributed by atoms with Gasteiger partial charge in [-0.15, -0.1) is 0 Å². The molecule has 1 aromatic carbocycles. The number of nitrogens with zero attached hydrogens (tertiary/aromatic N) is 3. The Bertz CT molecular complexity index is 716. The van der Waals surface area contributed by atoms with Crippen LogP contribution in [0.15, 0.2) is 33.9 Å². The molecular formula is C14H14N6O. The maximum Gasteiger partial charge on any atom is 0.201 e. The minimum atomic E-state index is -0.377. The van der Waals surface area contributed by atoms with E-state index in [2.05, 4.69) is 15.7 Å². The lowest BCUT2D eigenvalue weighted by Gasteiger charge is -2.04. The summed E-state index contributed by atoms with van der Waals surface area (Å²) in [4.78, 5) is 0. The van der Waals surface area contributed by atoms with Crippen LogP contribution in [0.4, 0.5) is 5.69 Å². The van der Waals surface area contributed by atoms with E-state index in [-0.39, 0.29) is 11.5 Å². The van der Waals surface area contributed by atoms with Crippen LogP contribution in [-0.4, -0.2) is 16.7 Å². The Labute approximate surface area is 121 Å². The molecule has 7 heteroatoms. The molecule has 2 aromatic rings. The highest BCUT2D eigenvalue weighted by Gasteiger charge is 2.10. The summed E-state index contributed by atoms with van der Waals surface area (Å²) in [6, 6.07) is 9.13. The van der Waals surface area contributed by atoms with Crippen molar-refractivity contribution in [3.8, 4) is 17.2 Å². The standard InChI is InChI=1S/C14H14N6O/c1-8-13(9(2)21-20-8)10-3-5-11(6-4-10)18-19-12(7-15)14(16)17/h3-6,18H,1-2H3,(H3,16,17)/b19-12+. The zero-order valence-corrected chi connectivity index (χ0v) is 11.6. The summed E-state index contributed by atoms with van der Waals surface area (Å²) in [5, 5.41) is 23.6. The van der Waals surface area contributed by atoms with Gasteiger partial charge in [-0.05, 0) is 31.5 Å². The van der Waals surface area contributed by atoms with E-state index >= 15 is 0 Å². The molecule has 21 heavy (non-hydrogen) atoms. The fraction of sp³-hybridized carbons (Fsp3) is 0.143. The van der Waals surface area contributed by atoms with Crippen LogP contribution in [0.3, 0.4) is 0 Å². The van der Waals surface area contributed by atoms with Crippen LogP contribution in [0.1, 0.15) is 11.5 Å². The second kappa shape index (κ2) is 5.88. The van der Waals surface area contributed by atoms with Crippen molar-refractivity contribution in [3.63, 3.8) is 0 Å². The largest absolute Gasteiger partial charge is 0.382 e. The quantitative estimate of drug-likeness (QED) is 0.450. The van der Waals surface area contributed by atoms with E-state index in [1.54, 1.807) is 18.2 Å². The van der Waals surface area contributed by atoms with Gasteiger partial charge >= 0.3 is 0 Å². The Morgan fingerprint density at radius 3 is 2.52 bits per heavy atom. The zero-order chi connectivity index (χ0) is 15.4. The van der Waals surface area contributed by atoms with Gasteiger partial charge in [-0.25, -0.2) is 0 Å².